The van der Waals surface area contributed by atoms with Gasteiger partial charge in [-0.3, -0.25) is 4.79 Å². The minimum absolute atomic E-state index is 0.0499. The van der Waals surface area contributed by atoms with Crippen LogP contribution in [0.4, 0.5) is 5.69 Å². The van der Waals surface area contributed by atoms with Crippen molar-refractivity contribution in [2.24, 2.45) is 5.73 Å². The number of benzene rings is 2. The molecule has 1 heterocycles. The summed E-state index contributed by atoms with van der Waals surface area (Å²) in [6.45, 7) is 0. The van der Waals surface area contributed by atoms with Gasteiger partial charge in [-0.1, -0.05) is 41.9 Å². The van der Waals surface area contributed by atoms with E-state index in [1.165, 1.54) is 0 Å². The molecule has 0 spiro atoms. The van der Waals surface area contributed by atoms with Crippen LogP contribution in [0.15, 0.2) is 54.6 Å². The molecule has 2 aromatic carbocycles. The van der Waals surface area contributed by atoms with E-state index in [0.29, 0.717) is 5.02 Å². The molecule has 0 saturated carbocycles. The summed E-state index contributed by atoms with van der Waals surface area (Å²) in [5, 5.41) is 0.675. The number of nitrogens with two attached hydrogens (primary N) is 1. The summed E-state index contributed by atoms with van der Waals surface area (Å²) in [7, 11) is 0. The third-order valence-corrected chi connectivity index (χ3v) is 3.64. The van der Waals surface area contributed by atoms with Crippen LogP contribution in [-0.2, 0) is 4.79 Å². The third-order valence-electron chi connectivity index (χ3n) is 3.39. The van der Waals surface area contributed by atoms with Gasteiger partial charge in [0.2, 0.25) is 5.91 Å². The number of hydrogen-bond donors (Lipinski definition) is 1. The summed E-state index contributed by atoms with van der Waals surface area (Å²) in [6, 6.07) is 16.4. The van der Waals surface area contributed by atoms with E-state index in [2.05, 4.69) is 0 Å². The lowest BCUT2D eigenvalue weighted by atomic mass is 9.88. The number of rotatable bonds is 2. The number of carbonyl (C=O) groups is 1. The van der Waals surface area contributed by atoms with Gasteiger partial charge in [0.05, 0.1) is 6.04 Å². The Morgan fingerprint density at radius 2 is 1.63 bits per heavy atom. The quantitative estimate of drug-likeness (QED) is 0.855. The number of β-lactam (4-membered cyclic amide) rings is 1. The number of para-hydroxylation sites is 1. The molecule has 3 rings (SSSR count). The fourth-order valence-electron chi connectivity index (χ4n) is 2.40. The minimum atomic E-state index is -0.485. The molecule has 2 N–H and O–H groups in total. The highest BCUT2D eigenvalue weighted by Gasteiger charge is 2.46. The number of hydrogen-bond acceptors (Lipinski definition) is 2. The van der Waals surface area contributed by atoms with E-state index >= 15 is 0 Å². The lowest BCUT2D eigenvalue weighted by Gasteiger charge is -2.45. The minimum Gasteiger partial charge on any atom is -0.318 e. The lowest BCUT2D eigenvalue weighted by Crippen LogP contribution is -2.63. The zero-order valence-corrected chi connectivity index (χ0v) is 10.9. The van der Waals surface area contributed by atoms with Crippen molar-refractivity contribution in [3.8, 4) is 0 Å². The predicted octanol–water partition coefficient (Wildman–Crippen LogP) is 2.76. The highest BCUT2D eigenvalue weighted by atomic mass is 35.5. The van der Waals surface area contributed by atoms with Crippen LogP contribution in [0.2, 0.25) is 5.02 Å². The largest absolute Gasteiger partial charge is 0.318 e. The van der Waals surface area contributed by atoms with Crippen molar-refractivity contribution in [3.05, 3.63) is 65.2 Å². The molecule has 3 nitrogen and oxygen atoms in total. The molecular formula is C15H13ClN2O. The van der Waals surface area contributed by atoms with Crippen molar-refractivity contribution in [3.63, 3.8) is 0 Å². The third kappa shape index (κ3) is 2.01. The van der Waals surface area contributed by atoms with Gasteiger partial charge in [0, 0.05) is 10.7 Å². The van der Waals surface area contributed by atoms with Crippen LogP contribution in [0, 0.1) is 0 Å². The molecule has 0 radical (unpaired) electrons. The molecule has 1 aliphatic rings. The van der Waals surface area contributed by atoms with Crippen LogP contribution in [0.3, 0.4) is 0 Å². The van der Waals surface area contributed by atoms with Gasteiger partial charge in [-0.2, -0.15) is 0 Å². The van der Waals surface area contributed by atoms with Gasteiger partial charge in [0.15, 0.2) is 0 Å². The van der Waals surface area contributed by atoms with Crippen molar-refractivity contribution in [2.75, 3.05) is 4.90 Å². The number of nitrogens with zero attached hydrogens (tertiary/aromatic N) is 1. The van der Waals surface area contributed by atoms with Gasteiger partial charge < -0.3 is 10.6 Å². The highest BCUT2D eigenvalue weighted by molar-refractivity contribution is 6.30. The smallest absolute Gasteiger partial charge is 0.247 e. The van der Waals surface area contributed by atoms with Crippen LogP contribution in [0.1, 0.15) is 11.6 Å². The predicted molar refractivity (Wildman–Crippen MR) is 76.1 cm³/mol. The first-order chi connectivity index (χ1) is 9.18. The molecule has 19 heavy (non-hydrogen) atoms. The molecule has 2 atom stereocenters. The van der Waals surface area contributed by atoms with Gasteiger partial charge >= 0.3 is 0 Å². The number of halogens is 1. The molecule has 0 unspecified atom stereocenters. The maximum absolute atomic E-state index is 12.0. The summed E-state index contributed by atoms with van der Waals surface area (Å²) in [6.07, 6.45) is 0. The van der Waals surface area contributed by atoms with E-state index < -0.39 is 6.04 Å². The first kappa shape index (κ1) is 12.2. The summed E-state index contributed by atoms with van der Waals surface area (Å²) in [5.41, 5.74) is 7.81. The average molecular weight is 273 g/mol. The van der Waals surface area contributed by atoms with Crippen LogP contribution in [-0.4, -0.2) is 11.9 Å². The molecule has 96 valence electrons. The van der Waals surface area contributed by atoms with Crippen molar-refractivity contribution >= 4 is 23.2 Å². The first-order valence-electron chi connectivity index (χ1n) is 6.07. The molecular weight excluding hydrogens is 260 g/mol. The SMILES string of the molecule is N[C@H]1C(=O)N(c2ccccc2)[C@@H]1c1ccc(Cl)cc1. The molecule has 0 bridgehead atoms. The topological polar surface area (TPSA) is 46.3 Å². The Morgan fingerprint density at radius 3 is 2.26 bits per heavy atom. The molecule has 4 heteroatoms. The summed E-state index contributed by atoms with van der Waals surface area (Å²) in [5.74, 6) is -0.0499. The molecule has 1 aliphatic heterocycles. The van der Waals surface area contributed by atoms with Crippen LogP contribution >= 0.6 is 11.6 Å². The van der Waals surface area contributed by atoms with E-state index in [1.54, 1.807) is 4.90 Å². The Bertz CT molecular complexity index is 597. The summed E-state index contributed by atoms with van der Waals surface area (Å²) >= 11 is 5.88. The van der Waals surface area contributed by atoms with E-state index in [1.807, 2.05) is 54.6 Å². The summed E-state index contributed by atoms with van der Waals surface area (Å²) in [4.78, 5) is 13.7. The Kier molecular flexibility index (Phi) is 3.01. The summed E-state index contributed by atoms with van der Waals surface area (Å²) < 4.78 is 0. The normalized spacial score (nSPS) is 22.2. The Labute approximate surface area is 116 Å². The van der Waals surface area contributed by atoms with Crippen molar-refractivity contribution < 1.29 is 4.79 Å². The highest BCUT2D eigenvalue weighted by Crippen LogP contribution is 2.38. The Balaban J connectivity index is 1.96. The lowest BCUT2D eigenvalue weighted by molar-refractivity contribution is -0.126. The molecule has 1 saturated heterocycles. The second-order valence-electron chi connectivity index (χ2n) is 4.57. The van der Waals surface area contributed by atoms with Crippen molar-refractivity contribution in [2.45, 2.75) is 12.1 Å². The van der Waals surface area contributed by atoms with E-state index in [0.717, 1.165) is 11.3 Å². The van der Waals surface area contributed by atoms with Crippen LogP contribution in [0.25, 0.3) is 0 Å². The first-order valence-corrected chi connectivity index (χ1v) is 6.45. The molecule has 0 aromatic heterocycles. The Morgan fingerprint density at radius 1 is 1.00 bits per heavy atom. The fraction of sp³-hybridized carbons (Fsp3) is 0.133. The Hall–Kier alpha value is -1.84. The zero-order valence-electron chi connectivity index (χ0n) is 10.2. The maximum Gasteiger partial charge on any atom is 0.247 e. The van der Waals surface area contributed by atoms with Crippen molar-refractivity contribution in [1.29, 1.82) is 0 Å². The standard InChI is InChI=1S/C15H13ClN2O/c16-11-8-6-10(7-9-11)14-13(17)15(19)18(14)12-4-2-1-3-5-12/h1-9,13-14H,17H2/t13-,14-/m1/s1. The molecule has 1 amide bonds. The molecule has 0 aliphatic carbocycles. The maximum atomic E-state index is 12.0. The fourth-order valence-corrected chi connectivity index (χ4v) is 2.53. The molecule has 2 aromatic rings. The van der Waals surface area contributed by atoms with E-state index in [9.17, 15) is 4.79 Å². The van der Waals surface area contributed by atoms with Crippen molar-refractivity contribution in [1.82, 2.24) is 0 Å². The molecule has 1 fully saturated rings. The number of anilines is 1. The van der Waals surface area contributed by atoms with Gasteiger partial charge in [-0.15, -0.1) is 0 Å². The van der Waals surface area contributed by atoms with Gasteiger partial charge in [-0.25, -0.2) is 0 Å². The zero-order chi connectivity index (χ0) is 13.4. The second kappa shape index (κ2) is 4.68. The van der Waals surface area contributed by atoms with Gasteiger partial charge in [-0.05, 0) is 29.8 Å². The van der Waals surface area contributed by atoms with Crippen LogP contribution < -0.4 is 10.6 Å². The van der Waals surface area contributed by atoms with Gasteiger partial charge in [0.1, 0.15) is 6.04 Å². The van der Waals surface area contributed by atoms with Gasteiger partial charge in [0.25, 0.3) is 0 Å². The monoisotopic (exact) mass is 272 g/mol. The number of carbonyl (C=O) groups excluding carboxylic acids is 1. The second-order valence-corrected chi connectivity index (χ2v) is 5.00. The van der Waals surface area contributed by atoms with Crippen LogP contribution in [0.5, 0.6) is 0 Å². The average Bonchev–Trinajstić information content (AvgIpc) is 2.46. The van der Waals surface area contributed by atoms with E-state index in [4.69, 9.17) is 17.3 Å². The number of amides is 1. The van der Waals surface area contributed by atoms with E-state index in [-0.39, 0.29) is 11.9 Å².